The number of carbonyl (C=O) groups is 4. The number of piperidine rings is 1. The smallest absolute Gasteiger partial charge is 0.408 e. The Labute approximate surface area is 379 Å². The van der Waals surface area contributed by atoms with Gasteiger partial charge < -0.3 is 55.6 Å². The summed E-state index contributed by atoms with van der Waals surface area (Å²) in [5.41, 5.74) is 11.1. The molecule has 4 atom stereocenters. The number of oxime groups is 2. The van der Waals surface area contributed by atoms with E-state index in [9.17, 15) is 19.2 Å². The van der Waals surface area contributed by atoms with E-state index in [4.69, 9.17) is 40.1 Å². The summed E-state index contributed by atoms with van der Waals surface area (Å²) in [6.45, 7) is 22.1. The van der Waals surface area contributed by atoms with E-state index in [0.717, 1.165) is 57.5 Å². The Hall–Kier alpha value is -5.58. The van der Waals surface area contributed by atoms with Gasteiger partial charge in [0.1, 0.15) is 34.8 Å². The van der Waals surface area contributed by atoms with Crippen molar-refractivity contribution in [2.45, 2.75) is 137 Å². The second-order valence-electron chi connectivity index (χ2n) is 18.3. The van der Waals surface area contributed by atoms with Crippen LogP contribution in [-0.4, -0.2) is 96.8 Å². The minimum Gasteiger partial charge on any atom is -0.494 e. The van der Waals surface area contributed by atoms with Crippen LogP contribution in [0.4, 0.5) is 9.59 Å². The van der Waals surface area contributed by atoms with Crippen LogP contribution in [0.3, 0.4) is 0 Å². The van der Waals surface area contributed by atoms with E-state index in [2.05, 4.69) is 25.8 Å². The van der Waals surface area contributed by atoms with Crippen LogP contribution in [0.15, 0.2) is 58.8 Å². The Bertz CT molecular complexity index is 1830. The molecule has 1 fully saturated rings. The lowest BCUT2D eigenvalue weighted by Crippen LogP contribution is -2.49. The van der Waals surface area contributed by atoms with Gasteiger partial charge >= 0.3 is 18.2 Å². The molecule has 356 valence electrons. The summed E-state index contributed by atoms with van der Waals surface area (Å²) in [5.74, 6) is -0.170. The summed E-state index contributed by atoms with van der Waals surface area (Å²) in [7, 11) is 0. The Kier molecular flexibility index (Phi) is 21.1. The normalized spacial score (nSPS) is 16.1. The van der Waals surface area contributed by atoms with E-state index >= 15 is 0 Å². The van der Waals surface area contributed by atoms with Crippen LogP contribution >= 0.6 is 0 Å². The van der Waals surface area contributed by atoms with E-state index in [0.29, 0.717) is 48.8 Å². The van der Waals surface area contributed by atoms with Gasteiger partial charge in [-0.3, -0.25) is 4.79 Å². The Balaban J connectivity index is 1.57. The average Bonchev–Trinajstić information content (AvgIpc) is 3.24. The second kappa shape index (κ2) is 25.6. The van der Waals surface area contributed by atoms with Gasteiger partial charge in [-0.25, -0.2) is 14.4 Å². The summed E-state index contributed by atoms with van der Waals surface area (Å²) in [6.07, 6.45) is 4.81. The Morgan fingerprint density at radius 3 is 1.69 bits per heavy atom. The largest absolute Gasteiger partial charge is 0.494 e. The van der Waals surface area contributed by atoms with Gasteiger partial charge in [0.05, 0.1) is 13.2 Å². The fourth-order valence-electron chi connectivity index (χ4n) is 6.62. The highest BCUT2D eigenvalue weighted by Crippen LogP contribution is 2.23. The summed E-state index contributed by atoms with van der Waals surface area (Å²) in [6, 6.07) is 11.9. The predicted molar refractivity (Wildman–Crippen MR) is 246 cm³/mol. The summed E-state index contributed by atoms with van der Waals surface area (Å²) < 4.78 is 22.7. The molecule has 1 heterocycles. The molecular formula is C47H73N7O10. The molecule has 2 aromatic carbocycles. The van der Waals surface area contributed by atoms with Crippen molar-refractivity contribution >= 4 is 35.8 Å². The number of likely N-dealkylation sites (tertiary alicyclic amines) is 1. The lowest BCUT2D eigenvalue weighted by molar-refractivity contribution is -0.148. The number of nitrogens with zero attached hydrogens (tertiary/aromatic N) is 3. The van der Waals surface area contributed by atoms with Crippen molar-refractivity contribution < 1.29 is 47.8 Å². The number of rotatable bonds is 22. The molecule has 3 rings (SSSR count). The highest BCUT2D eigenvalue weighted by Gasteiger charge is 2.33. The maximum Gasteiger partial charge on any atom is 0.408 e. The number of carbonyl (C=O) groups excluding carboxylic acids is 4. The molecule has 6 N–H and O–H groups in total. The molecule has 2 aromatic rings. The third kappa shape index (κ3) is 19.4. The average molecular weight is 896 g/mol. The van der Waals surface area contributed by atoms with Gasteiger partial charge in [0.25, 0.3) is 5.90 Å². The van der Waals surface area contributed by atoms with E-state index in [-0.39, 0.29) is 23.6 Å². The Morgan fingerprint density at radius 1 is 0.703 bits per heavy atom. The van der Waals surface area contributed by atoms with Crippen molar-refractivity contribution in [1.82, 2.24) is 15.5 Å². The molecule has 0 spiro atoms. The van der Waals surface area contributed by atoms with Crippen LogP contribution in [0.1, 0.15) is 130 Å². The molecule has 17 nitrogen and oxygen atoms in total. The number of benzene rings is 2. The molecule has 1 aliphatic rings. The van der Waals surface area contributed by atoms with E-state index in [1.807, 2.05) is 20.8 Å². The number of nitrogens with one attached hydrogen (secondary N) is 2. The zero-order chi connectivity index (χ0) is 47.5. The van der Waals surface area contributed by atoms with Crippen molar-refractivity contribution in [3.63, 3.8) is 0 Å². The van der Waals surface area contributed by atoms with Gasteiger partial charge in [-0.15, -0.1) is 0 Å². The van der Waals surface area contributed by atoms with Crippen molar-refractivity contribution in [2.24, 2.45) is 39.5 Å². The monoisotopic (exact) mass is 896 g/mol. The molecule has 0 radical (unpaired) electrons. The molecule has 64 heavy (non-hydrogen) atoms. The first kappa shape index (κ1) is 52.8. The van der Waals surface area contributed by atoms with Gasteiger partial charge in [0, 0.05) is 17.7 Å². The highest BCUT2D eigenvalue weighted by molar-refractivity contribution is 5.98. The first-order valence-electron chi connectivity index (χ1n) is 22.4. The van der Waals surface area contributed by atoms with Crippen LogP contribution in [0.25, 0.3) is 0 Å². The number of primary amides is 1. The predicted octanol–water partition coefficient (Wildman–Crippen LogP) is 7.50. The van der Waals surface area contributed by atoms with Gasteiger partial charge in [-0.1, -0.05) is 45.7 Å². The third-order valence-corrected chi connectivity index (χ3v) is 10.7. The zero-order valence-electron chi connectivity index (χ0n) is 39.6. The number of hydrogen-bond donors (Lipinski definition) is 4. The topological polar surface area (TPSA) is 228 Å². The highest BCUT2D eigenvalue weighted by atomic mass is 16.7. The minimum atomic E-state index is -1.11. The minimum absolute atomic E-state index is 0.00922. The molecule has 1 aliphatic heterocycles. The molecular weight excluding hydrogens is 823 g/mol. The number of nitrogens with two attached hydrogens (primary N) is 2. The summed E-state index contributed by atoms with van der Waals surface area (Å²) in [4.78, 5) is 63.9. The first-order valence-corrected chi connectivity index (χ1v) is 22.4. The standard InChI is InChI=1S/C47H73N7O10/c1-11-31(3)38(50-44(57)61-46(5,6)7)42(53-64-43(56)39(32(4)12-2)51-45(58)62-47(8,9)10)63-52-40(48)34-16-20-36(21-17-34)59-29-13-15-33-24-27-54(28-25-33)26-14-30-60-37-22-18-35(19-23-37)41(49)55/h16-23,31-33,38-39H,11-15,24-30H2,1-10H3,(H2,48,52)(H2,49,55)(H,50,57)(H,51,58)/t31-,32-,38-,39-/m0/s1. The molecule has 0 aliphatic carbocycles. The van der Waals surface area contributed by atoms with Crippen LogP contribution in [0, 0.1) is 17.8 Å². The second-order valence-corrected chi connectivity index (χ2v) is 18.3. The molecule has 1 saturated heterocycles. The van der Waals surface area contributed by atoms with Crippen molar-refractivity contribution in [3.05, 3.63) is 59.7 Å². The molecule has 0 aromatic heterocycles. The fraction of sp³-hybridized carbons (Fsp3) is 0.617. The maximum absolute atomic E-state index is 13.4. The molecule has 17 heteroatoms. The lowest BCUT2D eigenvalue weighted by atomic mass is 9.92. The van der Waals surface area contributed by atoms with Crippen molar-refractivity contribution in [2.75, 3.05) is 32.8 Å². The molecule has 0 bridgehead atoms. The van der Waals surface area contributed by atoms with E-state index in [1.165, 1.54) is 0 Å². The van der Waals surface area contributed by atoms with Crippen LogP contribution in [0.5, 0.6) is 11.5 Å². The third-order valence-electron chi connectivity index (χ3n) is 10.7. The quantitative estimate of drug-likeness (QED) is 0.0296. The van der Waals surface area contributed by atoms with Crippen LogP contribution in [0.2, 0.25) is 0 Å². The SMILES string of the molecule is CC[C@H](C)[C@H](NC(=O)OC(C)(C)C)C(=O)ON=C(ON=C(N)c1ccc(OCCCC2CCN(CCCOc3ccc(C(N)=O)cc3)CC2)cc1)[C@@H](NC(=O)OC(C)(C)C)[C@@H](C)CC. The maximum atomic E-state index is 13.4. The van der Waals surface area contributed by atoms with Gasteiger partial charge in [-0.05, 0) is 158 Å². The molecule has 0 saturated carbocycles. The van der Waals surface area contributed by atoms with E-state index < -0.39 is 47.3 Å². The molecule has 0 unspecified atom stereocenters. The number of ether oxygens (including phenoxy) is 4. The number of alkyl carbamates (subject to hydrolysis) is 2. The fourth-order valence-corrected chi connectivity index (χ4v) is 6.62. The van der Waals surface area contributed by atoms with Crippen LogP contribution in [-0.2, 0) is 23.9 Å². The van der Waals surface area contributed by atoms with Crippen LogP contribution < -0.4 is 31.6 Å². The lowest BCUT2D eigenvalue weighted by Gasteiger charge is -2.32. The number of hydrogen-bond acceptors (Lipinski definition) is 13. The van der Waals surface area contributed by atoms with Crippen molar-refractivity contribution in [1.29, 1.82) is 0 Å². The van der Waals surface area contributed by atoms with Gasteiger partial charge in [0.2, 0.25) is 5.91 Å². The van der Waals surface area contributed by atoms with Gasteiger partial charge in [0.15, 0.2) is 5.84 Å². The van der Waals surface area contributed by atoms with E-state index in [1.54, 1.807) is 97.0 Å². The zero-order valence-corrected chi connectivity index (χ0v) is 39.6. The molecule has 3 amide bonds. The Morgan fingerprint density at radius 2 is 1.19 bits per heavy atom. The summed E-state index contributed by atoms with van der Waals surface area (Å²) >= 11 is 0. The van der Waals surface area contributed by atoms with Crippen molar-refractivity contribution in [3.8, 4) is 11.5 Å². The van der Waals surface area contributed by atoms with Gasteiger partial charge in [-0.2, -0.15) is 0 Å². The first-order chi connectivity index (χ1) is 30.2. The summed E-state index contributed by atoms with van der Waals surface area (Å²) in [5, 5.41) is 13.5. The number of amidine groups is 1. The number of amides is 3.